The highest BCUT2D eigenvalue weighted by atomic mass is 32.1. The summed E-state index contributed by atoms with van der Waals surface area (Å²) in [6, 6.07) is 4.93. The first-order chi connectivity index (χ1) is 10.3. The Bertz CT molecular complexity index is 548. The second-order valence-electron chi connectivity index (χ2n) is 5.00. The molecule has 1 atom stereocenters. The first-order valence-corrected chi connectivity index (χ1v) is 7.10. The highest BCUT2D eigenvalue weighted by Gasteiger charge is 2.22. The molecule has 0 aromatic heterocycles. The second kappa shape index (κ2) is 8.28. The molecule has 1 aromatic rings. The normalized spacial score (nSPS) is 11.5. The van der Waals surface area contributed by atoms with Crippen molar-refractivity contribution >= 4 is 34.8 Å². The molecule has 0 aliphatic rings. The number of rotatable bonds is 4. The summed E-state index contributed by atoms with van der Waals surface area (Å²) in [5.74, 6) is -1.13. The van der Waals surface area contributed by atoms with E-state index < -0.39 is 11.9 Å². The van der Waals surface area contributed by atoms with Gasteiger partial charge in [0.25, 0.3) is 5.91 Å². The fourth-order valence-electron chi connectivity index (χ4n) is 1.65. The Hall–Kier alpha value is -2.22. The van der Waals surface area contributed by atoms with Crippen LogP contribution in [0.25, 0.3) is 0 Å². The Morgan fingerprint density at radius 1 is 1.14 bits per heavy atom. The second-order valence-corrected chi connectivity index (χ2v) is 5.41. The molecule has 2 amide bonds. The monoisotopic (exact) mass is 326 g/mol. The molecule has 0 aliphatic carbocycles. The number of benzene rings is 1. The molecule has 1 aromatic carbocycles. The van der Waals surface area contributed by atoms with Gasteiger partial charge in [0.2, 0.25) is 5.91 Å². The van der Waals surface area contributed by atoms with Gasteiger partial charge in [0.15, 0.2) is 5.11 Å². The predicted molar refractivity (Wildman–Crippen MR) is 86.3 cm³/mol. The molecule has 0 aliphatic heterocycles. The quantitative estimate of drug-likeness (QED) is 0.495. The summed E-state index contributed by atoms with van der Waals surface area (Å²) in [5.41, 5.74) is 5.53. The van der Waals surface area contributed by atoms with Crippen molar-refractivity contribution < 1.29 is 14.0 Å². The van der Waals surface area contributed by atoms with Gasteiger partial charge >= 0.3 is 0 Å². The Morgan fingerprint density at radius 2 is 1.73 bits per heavy atom. The SMILES string of the molecule is CC(=O)N[C@@H](C(=O)NNC(=S)Nc1ccc(F)cc1)C(C)C. The molecular formula is C14H19FN4O2S. The lowest BCUT2D eigenvalue weighted by atomic mass is 10.0. The van der Waals surface area contributed by atoms with Crippen LogP contribution < -0.4 is 21.5 Å². The third-order valence-electron chi connectivity index (χ3n) is 2.71. The summed E-state index contributed by atoms with van der Waals surface area (Å²) < 4.78 is 12.8. The molecule has 0 bridgehead atoms. The summed E-state index contributed by atoms with van der Waals surface area (Å²) in [6.45, 7) is 4.97. The number of thiocarbonyl (C=S) groups is 1. The van der Waals surface area contributed by atoms with Crippen LogP contribution in [0.3, 0.4) is 0 Å². The topological polar surface area (TPSA) is 82.3 Å². The first-order valence-electron chi connectivity index (χ1n) is 6.69. The van der Waals surface area contributed by atoms with E-state index in [1.807, 2.05) is 13.8 Å². The largest absolute Gasteiger partial charge is 0.344 e. The summed E-state index contributed by atoms with van der Waals surface area (Å²) >= 11 is 5.01. The van der Waals surface area contributed by atoms with Crippen LogP contribution in [0.2, 0.25) is 0 Å². The van der Waals surface area contributed by atoms with Crippen LogP contribution in [0, 0.1) is 11.7 Å². The Morgan fingerprint density at radius 3 is 2.23 bits per heavy atom. The van der Waals surface area contributed by atoms with Crippen molar-refractivity contribution in [3.8, 4) is 0 Å². The van der Waals surface area contributed by atoms with Crippen LogP contribution >= 0.6 is 12.2 Å². The number of halogens is 1. The van der Waals surface area contributed by atoms with Crippen molar-refractivity contribution in [3.63, 3.8) is 0 Å². The van der Waals surface area contributed by atoms with E-state index in [-0.39, 0.29) is 22.8 Å². The van der Waals surface area contributed by atoms with E-state index in [4.69, 9.17) is 12.2 Å². The van der Waals surface area contributed by atoms with E-state index in [0.717, 1.165) is 0 Å². The minimum Gasteiger partial charge on any atom is -0.344 e. The lowest BCUT2D eigenvalue weighted by Gasteiger charge is -2.21. The van der Waals surface area contributed by atoms with E-state index in [9.17, 15) is 14.0 Å². The molecule has 0 fully saturated rings. The Labute approximate surface area is 133 Å². The van der Waals surface area contributed by atoms with Gasteiger partial charge in [0.05, 0.1) is 0 Å². The number of amides is 2. The Balaban J connectivity index is 2.49. The van der Waals surface area contributed by atoms with Crippen molar-refractivity contribution in [3.05, 3.63) is 30.1 Å². The van der Waals surface area contributed by atoms with Gasteiger partial charge in [0.1, 0.15) is 11.9 Å². The van der Waals surface area contributed by atoms with E-state index in [1.165, 1.54) is 31.2 Å². The molecule has 0 saturated carbocycles. The van der Waals surface area contributed by atoms with Gasteiger partial charge in [-0.1, -0.05) is 13.8 Å². The summed E-state index contributed by atoms with van der Waals surface area (Å²) in [5, 5.41) is 5.49. The molecule has 0 radical (unpaired) electrons. The van der Waals surface area contributed by atoms with Crippen LogP contribution in [-0.4, -0.2) is 23.0 Å². The lowest BCUT2D eigenvalue weighted by molar-refractivity contribution is -0.129. The van der Waals surface area contributed by atoms with Gasteiger partial charge in [-0.2, -0.15) is 0 Å². The molecule has 6 nitrogen and oxygen atoms in total. The van der Waals surface area contributed by atoms with Gasteiger partial charge < -0.3 is 10.6 Å². The molecule has 22 heavy (non-hydrogen) atoms. The number of hydrogen-bond acceptors (Lipinski definition) is 3. The zero-order valence-electron chi connectivity index (χ0n) is 12.6. The van der Waals surface area contributed by atoms with E-state index in [0.29, 0.717) is 5.69 Å². The zero-order chi connectivity index (χ0) is 16.7. The van der Waals surface area contributed by atoms with Gasteiger partial charge in [0, 0.05) is 12.6 Å². The molecule has 0 heterocycles. The third kappa shape index (κ3) is 6.04. The van der Waals surface area contributed by atoms with Crippen LogP contribution in [-0.2, 0) is 9.59 Å². The van der Waals surface area contributed by atoms with Gasteiger partial charge in [-0.3, -0.25) is 20.4 Å². The third-order valence-corrected chi connectivity index (χ3v) is 2.91. The summed E-state index contributed by atoms with van der Waals surface area (Å²) in [4.78, 5) is 23.1. The first kappa shape index (κ1) is 17.8. The zero-order valence-corrected chi connectivity index (χ0v) is 13.4. The van der Waals surface area contributed by atoms with Crippen molar-refractivity contribution in [1.29, 1.82) is 0 Å². The highest BCUT2D eigenvalue weighted by molar-refractivity contribution is 7.80. The molecule has 1 rings (SSSR count). The number of carbonyl (C=O) groups excluding carboxylic acids is 2. The molecule has 8 heteroatoms. The fraction of sp³-hybridized carbons (Fsp3) is 0.357. The number of carbonyl (C=O) groups is 2. The van der Waals surface area contributed by atoms with Crippen LogP contribution in [0.1, 0.15) is 20.8 Å². The smallest absolute Gasteiger partial charge is 0.261 e. The predicted octanol–water partition coefficient (Wildman–Crippen LogP) is 1.30. The van der Waals surface area contributed by atoms with Gasteiger partial charge in [-0.15, -0.1) is 0 Å². The van der Waals surface area contributed by atoms with E-state index in [1.54, 1.807) is 0 Å². The number of nitrogens with one attached hydrogen (secondary N) is 4. The molecular weight excluding hydrogens is 307 g/mol. The molecule has 120 valence electrons. The van der Waals surface area contributed by atoms with E-state index >= 15 is 0 Å². The van der Waals surface area contributed by atoms with Crippen molar-refractivity contribution in [2.24, 2.45) is 5.92 Å². The number of hydrazine groups is 1. The Kier molecular flexibility index (Phi) is 6.71. The van der Waals surface area contributed by atoms with Gasteiger partial charge in [-0.25, -0.2) is 4.39 Å². The molecule has 0 unspecified atom stereocenters. The maximum absolute atomic E-state index is 12.8. The average Bonchev–Trinajstić information content (AvgIpc) is 2.44. The van der Waals surface area contributed by atoms with E-state index in [2.05, 4.69) is 21.5 Å². The highest BCUT2D eigenvalue weighted by Crippen LogP contribution is 2.07. The van der Waals surface area contributed by atoms with Gasteiger partial charge in [-0.05, 0) is 42.4 Å². The summed E-state index contributed by atoms with van der Waals surface area (Å²) in [7, 11) is 0. The van der Waals surface area contributed by atoms with Crippen LogP contribution in [0.15, 0.2) is 24.3 Å². The van der Waals surface area contributed by atoms with Crippen LogP contribution in [0.5, 0.6) is 0 Å². The average molecular weight is 326 g/mol. The molecule has 0 spiro atoms. The minimum atomic E-state index is -0.668. The fourth-order valence-corrected chi connectivity index (χ4v) is 1.81. The number of anilines is 1. The minimum absolute atomic E-state index is 0.0793. The van der Waals surface area contributed by atoms with Crippen molar-refractivity contribution in [2.75, 3.05) is 5.32 Å². The lowest BCUT2D eigenvalue weighted by Crippen LogP contribution is -2.54. The standard InChI is InChI=1S/C14H19FN4O2S/c1-8(2)12(16-9(3)20)13(21)18-19-14(22)17-11-6-4-10(15)5-7-11/h4-8,12H,1-3H3,(H,16,20)(H,18,21)(H2,17,19,22)/t12-/m1/s1. The maximum Gasteiger partial charge on any atom is 0.261 e. The maximum atomic E-state index is 12.8. The molecule has 4 N–H and O–H groups in total. The summed E-state index contributed by atoms with van der Waals surface area (Å²) in [6.07, 6.45) is 0. The van der Waals surface area contributed by atoms with Crippen molar-refractivity contribution in [1.82, 2.24) is 16.2 Å². The van der Waals surface area contributed by atoms with Crippen LogP contribution in [0.4, 0.5) is 10.1 Å². The molecule has 0 saturated heterocycles. The van der Waals surface area contributed by atoms with Crippen molar-refractivity contribution in [2.45, 2.75) is 26.8 Å². The number of hydrogen-bond donors (Lipinski definition) is 4.